The molecule has 0 saturated carbocycles. The number of ether oxygens (including phenoxy) is 1. The van der Waals surface area contributed by atoms with Gasteiger partial charge in [-0.05, 0) is 55.7 Å². The quantitative estimate of drug-likeness (QED) is 0.683. The van der Waals surface area contributed by atoms with Crippen LogP contribution in [0.2, 0.25) is 0 Å². The molecule has 1 aliphatic heterocycles. The molecular formula is C21H22N4O3. The molecule has 4 rings (SSSR count). The van der Waals surface area contributed by atoms with Gasteiger partial charge >= 0.3 is 0 Å². The van der Waals surface area contributed by atoms with Gasteiger partial charge in [-0.1, -0.05) is 23.4 Å². The van der Waals surface area contributed by atoms with E-state index in [1.54, 1.807) is 17.0 Å². The first-order valence-electron chi connectivity index (χ1n) is 9.37. The molecule has 1 saturated heterocycles. The Labute approximate surface area is 163 Å². The Balaban J connectivity index is 1.47. The fourth-order valence-electron chi connectivity index (χ4n) is 3.35. The molecule has 2 aromatic carbocycles. The lowest BCUT2D eigenvalue weighted by Crippen LogP contribution is -2.41. The normalized spacial score (nSPS) is 16.7. The maximum atomic E-state index is 12.8. The van der Waals surface area contributed by atoms with E-state index in [0.29, 0.717) is 29.7 Å². The van der Waals surface area contributed by atoms with Crippen LogP contribution < -0.4 is 10.5 Å². The topological polar surface area (TPSA) is 94.5 Å². The lowest BCUT2D eigenvalue weighted by Gasteiger charge is -2.33. The molecule has 0 bridgehead atoms. The van der Waals surface area contributed by atoms with Gasteiger partial charge in [-0.25, -0.2) is 0 Å². The lowest BCUT2D eigenvalue weighted by molar-refractivity contribution is -0.138. The maximum absolute atomic E-state index is 12.8. The second-order valence-electron chi connectivity index (χ2n) is 6.78. The molecule has 0 radical (unpaired) electrons. The summed E-state index contributed by atoms with van der Waals surface area (Å²) in [4.78, 5) is 19.1. The highest BCUT2D eigenvalue weighted by Crippen LogP contribution is 2.31. The minimum atomic E-state index is -0.226. The van der Waals surface area contributed by atoms with Crippen molar-refractivity contribution in [3.8, 4) is 17.1 Å². The minimum Gasteiger partial charge on any atom is -0.484 e. The van der Waals surface area contributed by atoms with Crippen LogP contribution in [0.15, 0.2) is 59.1 Å². The molecule has 1 amide bonds. The van der Waals surface area contributed by atoms with Gasteiger partial charge in [-0.3, -0.25) is 4.79 Å². The number of hydrogen-bond donors (Lipinski definition) is 1. The summed E-state index contributed by atoms with van der Waals surface area (Å²) >= 11 is 0. The molecule has 7 nitrogen and oxygen atoms in total. The predicted octanol–water partition coefficient (Wildman–Crippen LogP) is 3.45. The second kappa shape index (κ2) is 8.12. The average molecular weight is 378 g/mol. The van der Waals surface area contributed by atoms with Gasteiger partial charge in [0, 0.05) is 17.8 Å². The molecule has 3 aromatic rings. The van der Waals surface area contributed by atoms with E-state index in [1.807, 2.05) is 42.5 Å². The zero-order valence-electron chi connectivity index (χ0n) is 15.5. The molecular weight excluding hydrogens is 356 g/mol. The summed E-state index contributed by atoms with van der Waals surface area (Å²) in [5.74, 6) is 1.54. The van der Waals surface area contributed by atoms with Gasteiger partial charge in [0.05, 0.1) is 0 Å². The summed E-state index contributed by atoms with van der Waals surface area (Å²) in [5, 5.41) is 4.08. The van der Waals surface area contributed by atoms with E-state index in [9.17, 15) is 4.79 Å². The van der Waals surface area contributed by atoms with E-state index < -0.39 is 0 Å². The monoisotopic (exact) mass is 378 g/mol. The van der Waals surface area contributed by atoms with Crippen molar-refractivity contribution in [2.24, 2.45) is 0 Å². The molecule has 1 fully saturated rings. The van der Waals surface area contributed by atoms with Crippen LogP contribution in [0.1, 0.15) is 31.2 Å². The van der Waals surface area contributed by atoms with E-state index in [-0.39, 0.29) is 18.6 Å². The molecule has 2 N–H and O–H groups in total. The Morgan fingerprint density at radius 3 is 2.71 bits per heavy atom. The van der Waals surface area contributed by atoms with Crippen molar-refractivity contribution >= 4 is 11.6 Å². The van der Waals surface area contributed by atoms with Crippen molar-refractivity contribution in [3.63, 3.8) is 0 Å². The van der Waals surface area contributed by atoms with Crippen molar-refractivity contribution in [2.75, 3.05) is 18.9 Å². The number of nitrogens with zero attached hydrogens (tertiary/aromatic N) is 3. The molecule has 0 spiro atoms. The summed E-state index contributed by atoms with van der Waals surface area (Å²) in [5.41, 5.74) is 7.23. The summed E-state index contributed by atoms with van der Waals surface area (Å²) < 4.78 is 11.1. The van der Waals surface area contributed by atoms with E-state index in [0.717, 1.165) is 24.8 Å². The largest absolute Gasteiger partial charge is 0.484 e. The number of piperidine rings is 1. The number of hydrogen-bond acceptors (Lipinski definition) is 6. The number of para-hydroxylation sites is 1. The Hall–Kier alpha value is -3.35. The Kier molecular flexibility index (Phi) is 5.23. The number of aromatic nitrogens is 2. The lowest BCUT2D eigenvalue weighted by atomic mass is 10.0. The number of rotatable bonds is 5. The molecule has 1 atom stereocenters. The summed E-state index contributed by atoms with van der Waals surface area (Å²) in [6.45, 7) is 0.640. The van der Waals surface area contributed by atoms with Gasteiger partial charge in [0.2, 0.25) is 11.7 Å². The van der Waals surface area contributed by atoms with Crippen LogP contribution in [0.25, 0.3) is 11.4 Å². The summed E-state index contributed by atoms with van der Waals surface area (Å²) in [6.07, 6.45) is 2.75. The third kappa shape index (κ3) is 3.98. The molecule has 1 aromatic heterocycles. The third-order valence-corrected chi connectivity index (χ3v) is 4.82. The highest BCUT2D eigenvalue weighted by atomic mass is 16.5. The standard InChI is InChI=1S/C21H22N4O3/c22-16-11-9-15(10-12-16)20-23-21(28-24-20)18-8-4-5-13-25(18)19(26)14-27-17-6-2-1-3-7-17/h1-3,6-7,9-12,18H,4-5,8,13-14,22H2. The molecule has 7 heteroatoms. The predicted molar refractivity (Wildman–Crippen MR) is 104 cm³/mol. The van der Waals surface area contributed by atoms with Gasteiger partial charge in [0.1, 0.15) is 11.8 Å². The highest BCUT2D eigenvalue weighted by molar-refractivity contribution is 5.78. The van der Waals surface area contributed by atoms with Crippen LogP contribution in [0.3, 0.4) is 0 Å². The molecule has 1 unspecified atom stereocenters. The second-order valence-corrected chi connectivity index (χ2v) is 6.78. The first-order chi connectivity index (χ1) is 13.7. The fraction of sp³-hybridized carbons (Fsp3) is 0.286. The number of benzene rings is 2. The minimum absolute atomic E-state index is 0.0144. The number of nitrogens with two attached hydrogens (primary N) is 1. The zero-order valence-corrected chi connectivity index (χ0v) is 15.5. The van der Waals surface area contributed by atoms with Crippen LogP contribution in [-0.4, -0.2) is 34.1 Å². The van der Waals surface area contributed by atoms with E-state index in [1.165, 1.54) is 0 Å². The van der Waals surface area contributed by atoms with E-state index in [4.69, 9.17) is 15.0 Å². The Morgan fingerprint density at radius 1 is 1.14 bits per heavy atom. The summed E-state index contributed by atoms with van der Waals surface area (Å²) in [7, 11) is 0. The van der Waals surface area contributed by atoms with Crippen molar-refractivity contribution in [1.29, 1.82) is 0 Å². The SMILES string of the molecule is Nc1ccc(-c2noc(C3CCCCN3C(=O)COc3ccccc3)n2)cc1. The van der Waals surface area contributed by atoms with Crippen molar-refractivity contribution < 1.29 is 14.1 Å². The fourth-order valence-corrected chi connectivity index (χ4v) is 3.35. The van der Waals surface area contributed by atoms with Crippen LogP contribution in [0.5, 0.6) is 5.75 Å². The number of carbonyl (C=O) groups is 1. The van der Waals surface area contributed by atoms with Gasteiger partial charge in [0.15, 0.2) is 6.61 Å². The summed E-state index contributed by atoms with van der Waals surface area (Å²) in [6, 6.07) is 16.4. The number of amides is 1. The van der Waals surface area contributed by atoms with Crippen LogP contribution in [0.4, 0.5) is 5.69 Å². The van der Waals surface area contributed by atoms with Crippen molar-refractivity contribution in [2.45, 2.75) is 25.3 Å². The first-order valence-corrected chi connectivity index (χ1v) is 9.37. The Morgan fingerprint density at radius 2 is 1.93 bits per heavy atom. The van der Waals surface area contributed by atoms with Crippen LogP contribution in [-0.2, 0) is 4.79 Å². The van der Waals surface area contributed by atoms with Gasteiger partial charge in [0.25, 0.3) is 5.91 Å². The van der Waals surface area contributed by atoms with Crippen LogP contribution in [0, 0.1) is 0 Å². The zero-order chi connectivity index (χ0) is 19.3. The van der Waals surface area contributed by atoms with E-state index >= 15 is 0 Å². The van der Waals surface area contributed by atoms with Gasteiger partial charge in [-0.2, -0.15) is 4.98 Å². The van der Waals surface area contributed by atoms with Crippen molar-refractivity contribution in [1.82, 2.24) is 15.0 Å². The molecule has 144 valence electrons. The maximum Gasteiger partial charge on any atom is 0.261 e. The first kappa shape index (κ1) is 18.0. The van der Waals surface area contributed by atoms with Gasteiger partial charge in [-0.15, -0.1) is 0 Å². The number of nitrogen functional groups attached to an aromatic ring is 1. The van der Waals surface area contributed by atoms with E-state index in [2.05, 4.69) is 10.1 Å². The Bertz CT molecular complexity index is 924. The highest BCUT2D eigenvalue weighted by Gasteiger charge is 2.32. The number of likely N-dealkylation sites (tertiary alicyclic amines) is 1. The molecule has 0 aliphatic carbocycles. The molecule has 1 aliphatic rings. The van der Waals surface area contributed by atoms with Gasteiger partial charge < -0.3 is 19.9 Å². The number of carbonyl (C=O) groups excluding carboxylic acids is 1. The number of anilines is 1. The smallest absolute Gasteiger partial charge is 0.261 e. The molecule has 2 heterocycles. The average Bonchev–Trinajstić information content (AvgIpc) is 3.23. The van der Waals surface area contributed by atoms with Crippen molar-refractivity contribution in [3.05, 3.63) is 60.5 Å². The molecule has 28 heavy (non-hydrogen) atoms. The third-order valence-electron chi connectivity index (χ3n) is 4.82. The van der Waals surface area contributed by atoms with Crippen LogP contribution >= 0.6 is 0 Å².